The molecule has 0 aromatic heterocycles. The Balaban J connectivity index is 1.68. The van der Waals surface area contributed by atoms with Crippen molar-refractivity contribution in [3.05, 3.63) is 0 Å². The van der Waals surface area contributed by atoms with Gasteiger partial charge in [-0.05, 0) is 51.7 Å². The molecule has 0 amide bonds. The predicted octanol–water partition coefficient (Wildman–Crippen LogP) is 1.41. The van der Waals surface area contributed by atoms with Crippen LogP contribution in [0.5, 0.6) is 0 Å². The van der Waals surface area contributed by atoms with E-state index in [2.05, 4.69) is 9.80 Å². The standard InChI is InChI=1S/C13H24N2O2/c16-13(17)6-5-12-4-3-9-15(12)11-10-14-7-1-2-8-14/h12H,1-11H2,(H,16,17). The quantitative estimate of drug-likeness (QED) is 0.762. The van der Waals surface area contributed by atoms with Crippen molar-refractivity contribution in [2.75, 3.05) is 32.7 Å². The lowest BCUT2D eigenvalue weighted by Crippen LogP contribution is -2.37. The van der Waals surface area contributed by atoms with Gasteiger partial charge >= 0.3 is 5.97 Å². The maximum Gasteiger partial charge on any atom is 0.303 e. The summed E-state index contributed by atoms with van der Waals surface area (Å²) in [5, 5.41) is 8.74. The summed E-state index contributed by atoms with van der Waals surface area (Å²) in [5.74, 6) is -0.656. The van der Waals surface area contributed by atoms with E-state index in [0.29, 0.717) is 12.5 Å². The van der Waals surface area contributed by atoms with E-state index in [1.165, 1.54) is 45.3 Å². The van der Waals surface area contributed by atoms with Crippen LogP contribution in [0.15, 0.2) is 0 Å². The Morgan fingerprint density at radius 1 is 1.12 bits per heavy atom. The molecular formula is C13H24N2O2. The van der Waals surface area contributed by atoms with E-state index in [4.69, 9.17) is 5.11 Å². The van der Waals surface area contributed by atoms with E-state index in [0.717, 1.165) is 19.5 Å². The van der Waals surface area contributed by atoms with Crippen LogP contribution in [0.2, 0.25) is 0 Å². The van der Waals surface area contributed by atoms with Gasteiger partial charge in [-0.1, -0.05) is 0 Å². The molecule has 1 atom stereocenters. The van der Waals surface area contributed by atoms with Crippen LogP contribution in [0.4, 0.5) is 0 Å². The Hall–Kier alpha value is -0.610. The molecule has 98 valence electrons. The van der Waals surface area contributed by atoms with Crippen molar-refractivity contribution in [1.82, 2.24) is 9.80 Å². The highest BCUT2D eigenvalue weighted by atomic mass is 16.4. The average Bonchev–Trinajstić information content (AvgIpc) is 2.95. The first-order valence-corrected chi connectivity index (χ1v) is 6.94. The molecule has 2 fully saturated rings. The average molecular weight is 240 g/mol. The Morgan fingerprint density at radius 2 is 1.88 bits per heavy atom. The monoisotopic (exact) mass is 240 g/mol. The maximum atomic E-state index is 10.6. The van der Waals surface area contributed by atoms with E-state index < -0.39 is 5.97 Å². The highest BCUT2D eigenvalue weighted by Gasteiger charge is 2.25. The maximum absolute atomic E-state index is 10.6. The van der Waals surface area contributed by atoms with Crippen molar-refractivity contribution in [2.45, 2.75) is 44.6 Å². The normalized spacial score (nSPS) is 26.7. The van der Waals surface area contributed by atoms with Gasteiger partial charge in [0, 0.05) is 25.6 Å². The van der Waals surface area contributed by atoms with Gasteiger partial charge in [0.05, 0.1) is 0 Å². The lowest BCUT2D eigenvalue weighted by atomic mass is 10.1. The van der Waals surface area contributed by atoms with Crippen LogP contribution in [0, 0.1) is 0 Å². The summed E-state index contributed by atoms with van der Waals surface area (Å²) < 4.78 is 0. The molecule has 4 heteroatoms. The predicted molar refractivity (Wildman–Crippen MR) is 67.1 cm³/mol. The van der Waals surface area contributed by atoms with E-state index in [1.807, 2.05) is 0 Å². The van der Waals surface area contributed by atoms with Crippen LogP contribution in [-0.4, -0.2) is 59.6 Å². The van der Waals surface area contributed by atoms with Gasteiger partial charge in [-0.2, -0.15) is 0 Å². The van der Waals surface area contributed by atoms with E-state index in [9.17, 15) is 4.79 Å². The van der Waals surface area contributed by atoms with Gasteiger partial charge in [-0.3, -0.25) is 9.69 Å². The lowest BCUT2D eigenvalue weighted by Gasteiger charge is -2.26. The molecule has 2 aliphatic heterocycles. The first-order valence-electron chi connectivity index (χ1n) is 6.94. The molecule has 2 heterocycles. The van der Waals surface area contributed by atoms with Crippen molar-refractivity contribution < 1.29 is 9.90 Å². The summed E-state index contributed by atoms with van der Waals surface area (Å²) >= 11 is 0. The zero-order valence-corrected chi connectivity index (χ0v) is 10.6. The molecule has 0 spiro atoms. The molecule has 1 N–H and O–H groups in total. The number of nitrogens with zero attached hydrogens (tertiary/aromatic N) is 2. The molecule has 2 rings (SSSR count). The molecule has 0 radical (unpaired) electrons. The minimum Gasteiger partial charge on any atom is -0.481 e. The summed E-state index contributed by atoms with van der Waals surface area (Å²) in [5.41, 5.74) is 0. The highest BCUT2D eigenvalue weighted by Crippen LogP contribution is 2.21. The zero-order valence-electron chi connectivity index (χ0n) is 10.6. The van der Waals surface area contributed by atoms with E-state index in [1.54, 1.807) is 0 Å². The molecule has 1 unspecified atom stereocenters. The van der Waals surface area contributed by atoms with Gasteiger partial charge < -0.3 is 10.0 Å². The minimum atomic E-state index is -0.656. The second-order valence-corrected chi connectivity index (χ2v) is 5.31. The molecule has 4 nitrogen and oxygen atoms in total. The van der Waals surface area contributed by atoms with Gasteiger partial charge in [0.1, 0.15) is 0 Å². The fourth-order valence-electron chi connectivity index (χ4n) is 3.08. The summed E-state index contributed by atoms with van der Waals surface area (Å²) in [6, 6.07) is 0.522. The van der Waals surface area contributed by atoms with Crippen LogP contribution in [0.25, 0.3) is 0 Å². The van der Waals surface area contributed by atoms with Crippen molar-refractivity contribution in [3.8, 4) is 0 Å². The fourth-order valence-corrected chi connectivity index (χ4v) is 3.08. The van der Waals surface area contributed by atoms with Gasteiger partial charge in [-0.25, -0.2) is 0 Å². The number of hydrogen-bond donors (Lipinski definition) is 1. The smallest absolute Gasteiger partial charge is 0.303 e. The van der Waals surface area contributed by atoms with Gasteiger partial charge in [-0.15, -0.1) is 0 Å². The highest BCUT2D eigenvalue weighted by molar-refractivity contribution is 5.66. The molecular weight excluding hydrogens is 216 g/mol. The van der Waals surface area contributed by atoms with Gasteiger partial charge in [0.15, 0.2) is 0 Å². The van der Waals surface area contributed by atoms with Crippen molar-refractivity contribution in [2.24, 2.45) is 0 Å². The number of rotatable bonds is 6. The molecule has 2 aliphatic rings. The van der Waals surface area contributed by atoms with Gasteiger partial charge in [0.25, 0.3) is 0 Å². The van der Waals surface area contributed by atoms with E-state index >= 15 is 0 Å². The second kappa shape index (κ2) is 6.36. The minimum absolute atomic E-state index is 0.324. The van der Waals surface area contributed by atoms with Crippen molar-refractivity contribution in [3.63, 3.8) is 0 Å². The summed E-state index contributed by atoms with van der Waals surface area (Å²) in [4.78, 5) is 15.6. The molecule has 0 saturated carbocycles. The summed E-state index contributed by atoms with van der Waals surface area (Å²) in [6.07, 6.45) is 6.28. The first-order chi connectivity index (χ1) is 8.25. The van der Waals surface area contributed by atoms with Crippen LogP contribution in [-0.2, 0) is 4.79 Å². The van der Waals surface area contributed by atoms with Crippen molar-refractivity contribution >= 4 is 5.97 Å². The third-order valence-corrected chi connectivity index (χ3v) is 4.09. The number of aliphatic carboxylic acids is 1. The molecule has 0 aromatic rings. The second-order valence-electron chi connectivity index (χ2n) is 5.31. The Morgan fingerprint density at radius 3 is 2.59 bits per heavy atom. The summed E-state index contributed by atoms with van der Waals surface area (Å²) in [6.45, 7) is 5.98. The van der Waals surface area contributed by atoms with Crippen LogP contribution >= 0.6 is 0 Å². The van der Waals surface area contributed by atoms with Crippen LogP contribution < -0.4 is 0 Å². The fraction of sp³-hybridized carbons (Fsp3) is 0.923. The van der Waals surface area contributed by atoms with Crippen LogP contribution in [0.1, 0.15) is 38.5 Å². The first kappa shape index (κ1) is 12.8. The molecule has 0 bridgehead atoms. The number of likely N-dealkylation sites (tertiary alicyclic amines) is 2. The Bertz CT molecular complexity index is 252. The number of carboxylic acid groups (broad SMARTS) is 1. The zero-order chi connectivity index (χ0) is 12.1. The summed E-state index contributed by atoms with van der Waals surface area (Å²) in [7, 11) is 0. The Labute approximate surface area is 104 Å². The number of hydrogen-bond acceptors (Lipinski definition) is 3. The molecule has 17 heavy (non-hydrogen) atoms. The molecule has 2 saturated heterocycles. The molecule has 0 aliphatic carbocycles. The van der Waals surface area contributed by atoms with E-state index in [-0.39, 0.29) is 0 Å². The number of carbonyl (C=O) groups is 1. The van der Waals surface area contributed by atoms with Gasteiger partial charge in [0.2, 0.25) is 0 Å². The Kier molecular flexibility index (Phi) is 4.80. The largest absolute Gasteiger partial charge is 0.481 e. The van der Waals surface area contributed by atoms with Crippen LogP contribution in [0.3, 0.4) is 0 Å². The SMILES string of the molecule is O=C(O)CCC1CCCN1CCN1CCCC1. The lowest BCUT2D eigenvalue weighted by molar-refractivity contribution is -0.137. The number of carboxylic acids is 1. The molecule has 0 aromatic carbocycles. The topological polar surface area (TPSA) is 43.8 Å². The van der Waals surface area contributed by atoms with Crippen molar-refractivity contribution in [1.29, 1.82) is 0 Å². The third kappa shape index (κ3) is 3.96. The third-order valence-electron chi connectivity index (χ3n) is 4.09.